The third-order valence-corrected chi connectivity index (χ3v) is 10.5. The maximum Gasteiger partial charge on any atom is 0.205 e. The molecular weight excluding hydrogens is 585 g/mol. The fourth-order valence-electron chi connectivity index (χ4n) is 5.31. The van der Waals surface area contributed by atoms with Gasteiger partial charge in [0.15, 0.2) is 0 Å². The van der Waals surface area contributed by atoms with Gasteiger partial charge in [-0.05, 0) is 110 Å². The molecule has 1 N–H and O–H groups in total. The minimum absolute atomic E-state index is 0.0250. The molecule has 0 aliphatic carbocycles. The Hall–Kier alpha value is -1.23. The van der Waals surface area contributed by atoms with E-state index in [4.69, 9.17) is 13.6 Å². The Kier molecular flexibility index (Phi) is 14.4. The number of thiophene rings is 1. The minimum Gasteiger partial charge on any atom is -0.488 e. The number of ether oxygens (including phenoxy) is 1. The van der Waals surface area contributed by atoms with Crippen molar-refractivity contribution in [3.8, 4) is 5.75 Å². The van der Waals surface area contributed by atoms with Crippen LogP contribution in [0.25, 0.3) is 5.57 Å². The fraction of sp³-hybridized carbons (Fsp3) is 0.667. The van der Waals surface area contributed by atoms with Gasteiger partial charge < -0.3 is 18.7 Å². The van der Waals surface area contributed by atoms with E-state index in [9.17, 15) is 5.11 Å². The van der Waals surface area contributed by atoms with Crippen LogP contribution in [0.15, 0.2) is 36.4 Å². The molecule has 4 nitrogen and oxygen atoms in total. The van der Waals surface area contributed by atoms with Crippen molar-refractivity contribution in [3.05, 3.63) is 57.3 Å². The van der Waals surface area contributed by atoms with Gasteiger partial charge in [0.2, 0.25) is 18.1 Å². The summed E-state index contributed by atoms with van der Waals surface area (Å²) in [5.74, 6) is 0.864. The van der Waals surface area contributed by atoms with Crippen molar-refractivity contribution >= 4 is 35.0 Å². The number of allylic oxidation sites excluding steroid dienone is 2. The molecule has 1 heterocycles. The van der Waals surface area contributed by atoms with Gasteiger partial charge in [0.1, 0.15) is 12.4 Å². The lowest BCUT2D eigenvalue weighted by Crippen LogP contribution is -2.31. The topological polar surface area (TPSA) is 47.9 Å². The number of hydrogen-bond donors (Lipinski definition) is 1. The molecule has 0 saturated carbocycles. The summed E-state index contributed by atoms with van der Waals surface area (Å²) in [5.41, 5.74) is 3.04. The molecule has 242 valence electrons. The van der Waals surface area contributed by atoms with Crippen LogP contribution in [0.2, 0.25) is 26.2 Å². The van der Waals surface area contributed by atoms with E-state index < -0.39 is 23.7 Å². The predicted molar refractivity (Wildman–Crippen MR) is 190 cm³/mol. The second-order valence-corrected chi connectivity index (χ2v) is 19.7. The number of benzene rings is 1. The van der Waals surface area contributed by atoms with Crippen molar-refractivity contribution in [2.45, 2.75) is 145 Å². The summed E-state index contributed by atoms with van der Waals surface area (Å²) in [5, 5.41) is 10.7. The highest BCUT2D eigenvalue weighted by molar-refractivity contribution is 7.13. The van der Waals surface area contributed by atoms with Crippen molar-refractivity contribution in [2.24, 2.45) is 10.8 Å². The minimum atomic E-state index is -0.948. The van der Waals surface area contributed by atoms with E-state index in [0.717, 1.165) is 37.9 Å². The summed E-state index contributed by atoms with van der Waals surface area (Å²) in [6, 6.07) is 10.9. The molecule has 0 aliphatic heterocycles. The summed E-state index contributed by atoms with van der Waals surface area (Å²) >= 11 is 1.80. The average Bonchev–Trinajstić information content (AvgIpc) is 3.39. The van der Waals surface area contributed by atoms with Crippen LogP contribution in [-0.2, 0) is 15.5 Å². The van der Waals surface area contributed by atoms with Gasteiger partial charge >= 0.3 is 0 Å². The summed E-state index contributed by atoms with van der Waals surface area (Å²) in [4.78, 5) is 2.49. The zero-order valence-corrected chi connectivity index (χ0v) is 32.3. The Labute approximate surface area is 271 Å². The maximum absolute atomic E-state index is 10.7. The first-order valence-corrected chi connectivity index (χ1v) is 21.8. The highest BCUT2D eigenvalue weighted by Crippen LogP contribution is 2.46. The smallest absolute Gasteiger partial charge is 0.205 e. The molecule has 2 rings (SSSR count). The summed E-state index contributed by atoms with van der Waals surface area (Å²) in [6.45, 7) is 29.3. The lowest BCUT2D eigenvalue weighted by molar-refractivity contribution is 0.0246. The van der Waals surface area contributed by atoms with Gasteiger partial charge in [0.05, 0.1) is 17.8 Å². The summed E-state index contributed by atoms with van der Waals surface area (Å²) in [7, 11) is -1.87. The molecular formula is C36H60O4SSi2. The molecule has 0 spiro atoms. The fourth-order valence-corrected chi connectivity index (χ4v) is 8.25. The SMILES string of the molecule is CC/C(=C\CCC(O)(CC)CC)c1ccc(COc2ccc(C(O[Si](C)C)C(C)(C)C)c(C(O[Si](C)C)C(C)(C)C)c2)s1. The number of aliphatic hydroxyl groups is 1. The predicted octanol–water partition coefficient (Wildman–Crippen LogP) is 11.2. The third kappa shape index (κ3) is 11.6. The largest absolute Gasteiger partial charge is 0.488 e. The Balaban J connectivity index is 2.38. The zero-order valence-electron chi connectivity index (χ0n) is 29.4. The molecule has 43 heavy (non-hydrogen) atoms. The van der Waals surface area contributed by atoms with Crippen LogP contribution in [0.4, 0.5) is 0 Å². The highest BCUT2D eigenvalue weighted by Gasteiger charge is 2.36. The van der Waals surface area contributed by atoms with Crippen molar-refractivity contribution in [1.82, 2.24) is 0 Å². The maximum atomic E-state index is 10.7. The van der Waals surface area contributed by atoms with E-state index in [2.05, 4.69) is 125 Å². The molecule has 2 unspecified atom stereocenters. The molecule has 2 aromatic rings. The van der Waals surface area contributed by atoms with Crippen LogP contribution in [-0.4, -0.2) is 28.8 Å². The monoisotopic (exact) mass is 644 g/mol. The molecule has 0 aliphatic rings. The third-order valence-electron chi connectivity index (χ3n) is 7.96. The Morgan fingerprint density at radius 1 is 0.837 bits per heavy atom. The molecule has 0 fully saturated rings. The summed E-state index contributed by atoms with van der Waals surface area (Å²) < 4.78 is 19.8. The number of hydrogen-bond acceptors (Lipinski definition) is 5. The molecule has 0 bridgehead atoms. The van der Waals surface area contributed by atoms with Crippen LogP contribution >= 0.6 is 11.3 Å². The van der Waals surface area contributed by atoms with Crippen molar-refractivity contribution in [2.75, 3.05) is 0 Å². The van der Waals surface area contributed by atoms with Crippen LogP contribution in [0.3, 0.4) is 0 Å². The van der Waals surface area contributed by atoms with Gasteiger partial charge in [-0.3, -0.25) is 0 Å². The van der Waals surface area contributed by atoms with E-state index in [1.165, 1.54) is 26.5 Å². The first-order valence-electron chi connectivity index (χ1n) is 16.1. The Morgan fingerprint density at radius 2 is 1.40 bits per heavy atom. The van der Waals surface area contributed by atoms with Gasteiger partial charge in [0, 0.05) is 9.75 Å². The molecule has 2 radical (unpaired) electrons. The van der Waals surface area contributed by atoms with Crippen molar-refractivity contribution in [3.63, 3.8) is 0 Å². The standard InChI is InChI=1S/C36H60O4SSi2/c1-14-26(18-17-23-36(37,15-2)16-3)31-22-20-28(41-31)25-38-27-19-21-29(32(34(4,5)6)39-42(10)11)30(24-27)33(35(7,8)9)40-43(12)13/h18-22,24,32-33,37H,14-17,23,25H2,1-13H3/b26-18+. The van der Waals surface area contributed by atoms with Gasteiger partial charge in [-0.15, -0.1) is 11.3 Å². The molecule has 0 amide bonds. The second kappa shape index (κ2) is 16.4. The normalized spacial score (nSPS) is 14.9. The first-order chi connectivity index (χ1) is 19.9. The molecule has 1 aromatic heterocycles. The van der Waals surface area contributed by atoms with E-state index in [0.29, 0.717) is 6.61 Å². The molecule has 2 atom stereocenters. The van der Waals surface area contributed by atoms with Crippen LogP contribution in [0.1, 0.15) is 128 Å². The van der Waals surface area contributed by atoms with Gasteiger partial charge in [0.25, 0.3) is 0 Å². The van der Waals surface area contributed by atoms with Gasteiger partial charge in [-0.2, -0.15) is 0 Å². The molecule has 7 heteroatoms. The van der Waals surface area contributed by atoms with Crippen molar-refractivity contribution in [1.29, 1.82) is 0 Å². The van der Waals surface area contributed by atoms with E-state index in [1.807, 2.05) is 0 Å². The lowest BCUT2D eigenvalue weighted by atomic mass is 9.77. The quantitative estimate of drug-likeness (QED) is 0.185. The Bertz CT molecular complexity index is 1150. The van der Waals surface area contributed by atoms with Crippen LogP contribution in [0.5, 0.6) is 5.75 Å². The highest BCUT2D eigenvalue weighted by atomic mass is 32.1. The lowest BCUT2D eigenvalue weighted by Gasteiger charge is -2.39. The van der Waals surface area contributed by atoms with Crippen molar-refractivity contribution < 1.29 is 18.7 Å². The van der Waals surface area contributed by atoms with Gasteiger partial charge in [-0.1, -0.05) is 74.5 Å². The van der Waals surface area contributed by atoms with E-state index in [1.54, 1.807) is 11.3 Å². The van der Waals surface area contributed by atoms with Crippen LogP contribution in [0, 0.1) is 10.8 Å². The summed E-state index contributed by atoms with van der Waals surface area (Å²) in [6.07, 6.45) is 6.51. The van der Waals surface area contributed by atoms with Crippen LogP contribution < -0.4 is 4.74 Å². The molecule has 0 saturated heterocycles. The first kappa shape index (κ1) is 38.0. The average molecular weight is 645 g/mol. The number of rotatable bonds is 16. The molecule has 1 aromatic carbocycles. The second-order valence-electron chi connectivity index (χ2n) is 14.4. The van der Waals surface area contributed by atoms with Gasteiger partial charge in [-0.25, -0.2) is 0 Å². The van der Waals surface area contributed by atoms with E-state index >= 15 is 0 Å². The zero-order chi connectivity index (χ0) is 32.6. The Morgan fingerprint density at radius 3 is 1.88 bits per heavy atom. The van der Waals surface area contributed by atoms with E-state index in [-0.39, 0.29) is 23.0 Å².